The van der Waals surface area contributed by atoms with Crippen molar-refractivity contribution in [1.82, 2.24) is 15.1 Å². The summed E-state index contributed by atoms with van der Waals surface area (Å²) in [6, 6.07) is 21.1. The van der Waals surface area contributed by atoms with Crippen LogP contribution in [0.15, 0.2) is 82.4 Å². The molecule has 4 aromatic rings. The third-order valence-electron chi connectivity index (χ3n) is 6.19. The van der Waals surface area contributed by atoms with Crippen LogP contribution < -0.4 is 10.2 Å². The molecule has 194 valence electrons. The summed E-state index contributed by atoms with van der Waals surface area (Å²) in [5, 5.41) is 11.3. The van der Waals surface area contributed by atoms with E-state index in [2.05, 4.69) is 20.4 Å². The Balaban J connectivity index is 1.09. The van der Waals surface area contributed by atoms with Gasteiger partial charge in [0.15, 0.2) is 0 Å². The third kappa shape index (κ3) is 6.20. The first-order valence-electron chi connectivity index (χ1n) is 12.2. The van der Waals surface area contributed by atoms with Crippen LogP contribution in [0.4, 0.5) is 15.8 Å². The summed E-state index contributed by atoms with van der Waals surface area (Å²) < 4.78 is 19.1. The Hall–Kier alpha value is -4.18. The van der Waals surface area contributed by atoms with E-state index in [0.717, 1.165) is 16.8 Å². The first-order chi connectivity index (χ1) is 18.4. The highest BCUT2D eigenvalue weighted by Gasteiger charge is 2.22. The second-order valence-electron chi connectivity index (χ2n) is 8.91. The number of rotatable bonds is 7. The molecule has 1 aliphatic heterocycles. The highest BCUT2D eigenvalue weighted by molar-refractivity contribution is 7.99. The van der Waals surface area contributed by atoms with Crippen molar-refractivity contribution in [3.63, 3.8) is 0 Å². The number of aryl methyl sites for hydroxylation is 1. The van der Waals surface area contributed by atoms with Crippen LogP contribution in [0.25, 0.3) is 11.5 Å². The van der Waals surface area contributed by atoms with E-state index in [1.807, 2.05) is 55.5 Å². The standard InChI is InChI=1S/C28H26FN5O3S/c1-19-5-7-20(8-6-19)26-31-32-28(37-26)38-18-25(35)30-23-9-11-24(12-10-23)33-13-15-34(16-14-33)27(36)21-3-2-4-22(29)17-21/h2-12,17H,13-16,18H2,1H3,(H,30,35). The number of hydrogen-bond donors (Lipinski definition) is 1. The smallest absolute Gasteiger partial charge is 0.277 e. The molecule has 10 heteroatoms. The van der Waals surface area contributed by atoms with E-state index >= 15 is 0 Å². The van der Waals surface area contributed by atoms with E-state index in [9.17, 15) is 14.0 Å². The lowest BCUT2D eigenvalue weighted by Gasteiger charge is -2.36. The highest BCUT2D eigenvalue weighted by Crippen LogP contribution is 2.24. The summed E-state index contributed by atoms with van der Waals surface area (Å²) in [6.07, 6.45) is 0. The van der Waals surface area contributed by atoms with Crippen LogP contribution in [0, 0.1) is 12.7 Å². The Bertz CT molecular complexity index is 1420. The van der Waals surface area contributed by atoms with Gasteiger partial charge in [-0.1, -0.05) is 35.5 Å². The molecule has 0 saturated carbocycles. The van der Waals surface area contributed by atoms with Crippen LogP contribution in [-0.4, -0.2) is 58.8 Å². The minimum Gasteiger partial charge on any atom is -0.411 e. The van der Waals surface area contributed by atoms with E-state index in [0.29, 0.717) is 48.5 Å². The van der Waals surface area contributed by atoms with Gasteiger partial charge in [0.05, 0.1) is 5.75 Å². The number of hydrogen-bond acceptors (Lipinski definition) is 7. The molecule has 0 unspecified atom stereocenters. The summed E-state index contributed by atoms with van der Waals surface area (Å²) in [5.41, 5.74) is 4.03. The Morgan fingerprint density at radius 2 is 1.71 bits per heavy atom. The maximum Gasteiger partial charge on any atom is 0.277 e. The van der Waals surface area contributed by atoms with Crippen molar-refractivity contribution < 1.29 is 18.4 Å². The molecule has 1 aromatic heterocycles. The average molecular weight is 532 g/mol. The third-order valence-corrected chi connectivity index (χ3v) is 7.00. The fourth-order valence-corrected chi connectivity index (χ4v) is 4.70. The second-order valence-corrected chi connectivity index (χ2v) is 9.84. The van der Waals surface area contributed by atoms with Gasteiger partial charge in [-0.05, 0) is 61.5 Å². The molecule has 38 heavy (non-hydrogen) atoms. The summed E-state index contributed by atoms with van der Waals surface area (Å²) in [6.45, 7) is 4.43. The number of carbonyl (C=O) groups is 2. The second kappa shape index (κ2) is 11.5. The van der Waals surface area contributed by atoms with Crippen LogP contribution in [0.1, 0.15) is 15.9 Å². The molecule has 1 saturated heterocycles. The predicted molar refractivity (Wildman–Crippen MR) is 145 cm³/mol. The molecular weight excluding hydrogens is 505 g/mol. The number of piperazine rings is 1. The molecule has 1 aliphatic rings. The molecule has 0 spiro atoms. The number of halogens is 1. The number of amides is 2. The number of nitrogens with zero attached hydrogens (tertiary/aromatic N) is 4. The fourth-order valence-electron chi connectivity index (χ4n) is 4.13. The average Bonchev–Trinajstić information content (AvgIpc) is 3.42. The zero-order chi connectivity index (χ0) is 26.5. The van der Waals surface area contributed by atoms with Gasteiger partial charge in [0.1, 0.15) is 5.82 Å². The van der Waals surface area contributed by atoms with Gasteiger partial charge in [0, 0.05) is 48.7 Å². The molecule has 8 nitrogen and oxygen atoms in total. The zero-order valence-electron chi connectivity index (χ0n) is 20.8. The first kappa shape index (κ1) is 25.5. The Labute approximate surface area is 223 Å². The largest absolute Gasteiger partial charge is 0.411 e. The predicted octanol–water partition coefficient (Wildman–Crippen LogP) is 4.88. The fraction of sp³-hybridized carbons (Fsp3) is 0.214. The Morgan fingerprint density at radius 1 is 0.974 bits per heavy atom. The maximum atomic E-state index is 13.5. The van der Waals surface area contributed by atoms with Gasteiger partial charge in [-0.3, -0.25) is 9.59 Å². The molecule has 3 aromatic carbocycles. The number of benzene rings is 3. The molecule has 1 N–H and O–H groups in total. The highest BCUT2D eigenvalue weighted by atomic mass is 32.2. The molecule has 0 bridgehead atoms. The molecule has 0 radical (unpaired) electrons. The SMILES string of the molecule is Cc1ccc(-c2nnc(SCC(=O)Nc3ccc(N4CCN(C(=O)c5cccc(F)c5)CC4)cc3)o2)cc1. The molecule has 1 fully saturated rings. The van der Waals surface area contributed by atoms with Crippen molar-refractivity contribution in [2.24, 2.45) is 0 Å². The van der Waals surface area contributed by atoms with Crippen molar-refractivity contribution in [2.45, 2.75) is 12.1 Å². The summed E-state index contributed by atoms with van der Waals surface area (Å²) in [7, 11) is 0. The Morgan fingerprint density at radius 3 is 2.42 bits per heavy atom. The normalized spacial score (nSPS) is 13.4. The van der Waals surface area contributed by atoms with Crippen molar-refractivity contribution >= 4 is 35.0 Å². The van der Waals surface area contributed by atoms with Crippen molar-refractivity contribution in [2.75, 3.05) is 42.1 Å². The number of carbonyl (C=O) groups excluding carboxylic acids is 2. The van der Waals surface area contributed by atoms with Gasteiger partial charge in [-0.2, -0.15) is 0 Å². The summed E-state index contributed by atoms with van der Waals surface area (Å²) in [4.78, 5) is 29.0. The van der Waals surface area contributed by atoms with Crippen LogP contribution in [0.3, 0.4) is 0 Å². The molecule has 0 atom stereocenters. The quantitative estimate of drug-likeness (QED) is 0.340. The Kier molecular flexibility index (Phi) is 7.69. The van der Waals surface area contributed by atoms with Crippen molar-refractivity contribution in [3.05, 3.63) is 89.7 Å². The lowest BCUT2D eigenvalue weighted by molar-refractivity contribution is -0.113. The van der Waals surface area contributed by atoms with E-state index in [1.165, 1.54) is 23.9 Å². The van der Waals surface area contributed by atoms with Gasteiger partial charge in [-0.25, -0.2) is 4.39 Å². The topological polar surface area (TPSA) is 91.6 Å². The number of nitrogens with one attached hydrogen (secondary N) is 1. The zero-order valence-corrected chi connectivity index (χ0v) is 21.6. The van der Waals surface area contributed by atoms with Gasteiger partial charge in [0.2, 0.25) is 11.8 Å². The van der Waals surface area contributed by atoms with E-state index in [1.54, 1.807) is 17.0 Å². The molecule has 2 heterocycles. The van der Waals surface area contributed by atoms with E-state index < -0.39 is 5.82 Å². The molecular formula is C28H26FN5O3S. The van der Waals surface area contributed by atoms with Crippen LogP contribution in [0.2, 0.25) is 0 Å². The molecule has 2 amide bonds. The minimum absolute atomic E-state index is 0.137. The molecule has 5 rings (SSSR count). The summed E-state index contributed by atoms with van der Waals surface area (Å²) >= 11 is 1.18. The minimum atomic E-state index is -0.415. The lowest BCUT2D eigenvalue weighted by Crippen LogP contribution is -2.48. The first-order valence-corrected chi connectivity index (χ1v) is 13.2. The van der Waals surface area contributed by atoms with E-state index in [4.69, 9.17) is 4.42 Å². The van der Waals surface area contributed by atoms with Crippen molar-refractivity contribution in [3.8, 4) is 11.5 Å². The lowest BCUT2D eigenvalue weighted by atomic mass is 10.1. The van der Waals surface area contributed by atoms with Crippen LogP contribution in [-0.2, 0) is 4.79 Å². The number of aromatic nitrogens is 2. The number of thioether (sulfide) groups is 1. The van der Waals surface area contributed by atoms with Gasteiger partial charge >= 0.3 is 0 Å². The monoisotopic (exact) mass is 531 g/mol. The van der Waals surface area contributed by atoms with Gasteiger partial charge in [-0.15, -0.1) is 10.2 Å². The summed E-state index contributed by atoms with van der Waals surface area (Å²) in [5.74, 6) is -0.197. The van der Waals surface area contributed by atoms with Gasteiger partial charge in [0.25, 0.3) is 11.1 Å². The van der Waals surface area contributed by atoms with Crippen LogP contribution in [0.5, 0.6) is 0 Å². The maximum absolute atomic E-state index is 13.5. The number of anilines is 2. The van der Waals surface area contributed by atoms with Crippen molar-refractivity contribution in [1.29, 1.82) is 0 Å². The van der Waals surface area contributed by atoms with Crippen LogP contribution >= 0.6 is 11.8 Å². The van der Waals surface area contributed by atoms with E-state index in [-0.39, 0.29) is 17.6 Å². The molecule has 0 aliphatic carbocycles. The van der Waals surface area contributed by atoms with Gasteiger partial charge < -0.3 is 19.5 Å².